The summed E-state index contributed by atoms with van der Waals surface area (Å²) >= 11 is 3.16. The van der Waals surface area contributed by atoms with Gasteiger partial charge in [0, 0.05) is 23.2 Å². The van der Waals surface area contributed by atoms with E-state index in [1.165, 1.54) is 11.8 Å². The molecule has 0 aromatic carbocycles. The molecule has 15 heavy (non-hydrogen) atoms. The van der Waals surface area contributed by atoms with Gasteiger partial charge in [-0.3, -0.25) is 4.79 Å². The SMILES string of the molecule is CC1SCCSC1C(=O)CCC(F)(F)F. The van der Waals surface area contributed by atoms with Crippen molar-refractivity contribution in [3.63, 3.8) is 0 Å². The monoisotopic (exact) mass is 258 g/mol. The number of thioether (sulfide) groups is 2. The summed E-state index contributed by atoms with van der Waals surface area (Å²) in [6.45, 7) is 1.91. The predicted octanol–water partition coefficient (Wildman–Crippen LogP) is 3.14. The first-order valence-corrected chi connectivity index (χ1v) is 6.82. The van der Waals surface area contributed by atoms with E-state index >= 15 is 0 Å². The van der Waals surface area contributed by atoms with Crippen LogP contribution in [-0.2, 0) is 4.79 Å². The minimum absolute atomic E-state index is 0.143. The lowest BCUT2D eigenvalue weighted by Crippen LogP contribution is -2.31. The summed E-state index contributed by atoms with van der Waals surface area (Å²) < 4.78 is 35.7. The van der Waals surface area contributed by atoms with Crippen LogP contribution >= 0.6 is 23.5 Å². The van der Waals surface area contributed by atoms with E-state index < -0.39 is 12.6 Å². The molecule has 0 bridgehead atoms. The van der Waals surface area contributed by atoms with Gasteiger partial charge < -0.3 is 0 Å². The van der Waals surface area contributed by atoms with E-state index in [4.69, 9.17) is 0 Å². The van der Waals surface area contributed by atoms with Gasteiger partial charge in [0.1, 0.15) is 5.78 Å². The van der Waals surface area contributed by atoms with E-state index in [0.29, 0.717) is 0 Å². The number of hydrogen-bond acceptors (Lipinski definition) is 3. The van der Waals surface area contributed by atoms with Crippen LogP contribution in [0.25, 0.3) is 0 Å². The van der Waals surface area contributed by atoms with Crippen LogP contribution in [0.1, 0.15) is 19.8 Å². The Bertz CT molecular complexity index is 230. The van der Waals surface area contributed by atoms with Crippen LogP contribution in [0.5, 0.6) is 0 Å². The van der Waals surface area contributed by atoms with Gasteiger partial charge in [-0.05, 0) is 0 Å². The Morgan fingerprint density at radius 3 is 2.47 bits per heavy atom. The molecule has 0 aromatic heterocycles. The van der Waals surface area contributed by atoms with Crippen molar-refractivity contribution in [2.45, 2.75) is 36.4 Å². The average molecular weight is 258 g/mol. The second kappa shape index (κ2) is 5.48. The molecule has 1 nitrogen and oxygen atoms in total. The fourth-order valence-electron chi connectivity index (χ4n) is 1.39. The lowest BCUT2D eigenvalue weighted by Gasteiger charge is -2.26. The van der Waals surface area contributed by atoms with E-state index in [1.54, 1.807) is 11.8 Å². The molecule has 2 atom stereocenters. The van der Waals surface area contributed by atoms with E-state index in [1.807, 2.05) is 6.92 Å². The Kier molecular flexibility index (Phi) is 4.83. The Hall–Kier alpha value is 0.160. The van der Waals surface area contributed by atoms with Crippen molar-refractivity contribution >= 4 is 29.3 Å². The molecule has 1 fully saturated rings. The Labute approximate surface area is 95.6 Å². The first kappa shape index (κ1) is 13.2. The smallest absolute Gasteiger partial charge is 0.298 e. The Morgan fingerprint density at radius 2 is 1.93 bits per heavy atom. The van der Waals surface area contributed by atoms with Crippen molar-refractivity contribution in [3.8, 4) is 0 Å². The molecule has 0 amide bonds. The highest BCUT2D eigenvalue weighted by atomic mass is 32.2. The molecule has 0 spiro atoms. The van der Waals surface area contributed by atoms with Gasteiger partial charge in [0.25, 0.3) is 0 Å². The van der Waals surface area contributed by atoms with Gasteiger partial charge in [0.2, 0.25) is 0 Å². The fourth-order valence-corrected chi connectivity index (χ4v) is 4.16. The van der Waals surface area contributed by atoms with E-state index in [2.05, 4.69) is 0 Å². The largest absolute Gasteiger partial charge is 0.389 e. The third-order valence-corrected chi connectivity index (χ3v) is 5.30. The molecule has 88 valence electrons. The van der Waals surface area contributed by atoms with E-state index in [-0.39, 0.29) is 22.7 Å². The molecule has 0 aromatic rings. The maximum Gasteiger partial charge on any atom is 0.389 e. The average Bonchev–Trinajstić information content (AvgIpc) is 2.14. The standard InChI is InChI=1S/C9H13F3OS2/c1-6-8(15-5-4-14-6)7(13)2-3-9(10,11)12/h6,8H,2-5H2,1H3. The number of Topliss-reactive ketones (excluding diaryl/α,β-unsaturated/α-hetero) is 1. The first-order valence-electron chi connectivity index (χ1n) is 4.73. The van der Waals surface area contributed by atoms with E-state index in [9.17, 15) is 18.0 Å². The molecule has 0 radical (unpaired) electrons. The Balaban J connectivity index is 2.39. The van der Waals surface area contributed by atoms with Crippen molar-refractivity contribution in [1.82, 2.24) is 0 Å². The van der Waals surface area contributed by atoms with Crippen LogP contribution < -0.4 is 0 Å². The first-order chi connectivity index (χ1) is 6.90. The van der Waals surface area contributed by atoms with Gasteiger partial charge in [-0.1, -0.05) is 6.92 Å². The number of hydrogen-bond donors (Lipinski definition) is 0. The van der Waals surface area contributed by atoms with Gasteiger partial charge in [-0.25, -0.2) is 0 Å². The number of halogens is 3. The number of carbonyl (C=O) groups is 1. The molecule has 0 aliphatic carbocycles. The fraction of sp³-hybridized carbons (Fsp3) is 0.889. The summed E-state index contributed by atoms with van der Waals surface area (Å²) in [6.07, 6.45) is -5.57. The van der Waals surface area contributed by atoms with Crippen LogP contribution in [0, 0.1) is 0 Å². The molecule has 0 saturated carbocycles. The molecule has 0 N–H and O–H groups in total. The normalized spacial score (nSPS) is 27.7. The van der Waals surface area contributed by atoms with Crippen molar-refractivity contribution in [2.75, 3.05) is 11.5 Å². The summed E-state index contributed by atoms with van der Waals surface area (Å²) in [5.74, 6) is 1.59. The summed E-state index contributed by atoms with van der Waals surface area (Å²) in [5.41, 5.74) is 0. The van der Waals surface area contributed by atoms with Crippen LogP contribution in [0.15, 0.2) is 0 Å². The lowest BCUT2D eigenvalue weighted by atomic mass is 10.1. The molecule has 2 unspecified atom stereocenters. The zero-order chi connectivity index (χ0) is 11.5. The maximum atomic E-state index is 11.9. The highest BCUT2D eigenvalue weighted by Crippen LogP contribution is 2.33. The number of carbonyl (C=O) groups excluding carboxylic acids is 1. The van der Waals surface area contributed by atoms with Gasteiger partial charge in [0.05, 0.1) is 11.7 Å². The van der Waals surface area contributed by atoms with Crippen LogP contribution in [0.4, 0.5) is 13.2 Å². The van der Waals surface area contributed by atoms with Gasteiger partial charge in [-0.2, -0.15) is 24.9 Å². The molecule has 6 heteroatoms. The van der Waals surface area contributed by atoms with Gasteiger partial charge in [0.15, 0.2) is 0 Å². The van der Waals surface area contributed by atoms with Crippen LogP contribution in [0.3, 0.4) is 0 Å². The molecule has 1 rings (SSSR count). The second-order valence-corrected chi connectivity index (χ2v) is 6.18. The quantitative estimate of drug-likeness (QED) is 0.774. The number of rotatable bonds is 3. The minimum atomic E-state index is -4.22. The highest BCUT2D eigenvalue weighted by Gasteiger charge is 2.33. The summed E-state index contributed by atoms with van der Waals surface area (Å²) in [6, 6.07) is 0. The lowest BCUT2D eigenvalue weighted by molar-refractivity contribution is -0.143. The molecule has 1 saturated heterocycles. The van der Waals surface area contributed by atoms with Crippen LogP contribution in [-0.4, -0.2) is 34.0 Å². The molecule has 1 heterocycles. The molecule has 1 aliphatic rings. The predicted molar refractivity (Wildman–Crippen MR) is 58.5 cm³/mol. The molecular formula is C9H13F3OS2. The zero-order valence-electron chi connectivity index (χ0n) is 8.34. The maximum absolute atomic E-state index is 11.9. The van der Waals surface area contributed by atoms with E-state index in [0.717, 1.165) is 11.5 Å². The number of ketones is 1. The van der Waals surface area contributed by atoms with Gasteiger partial charge >= 0.3 is 6.18 Å². The summed E-state index contributed by atoms with van der Waals surface area (Å²) in [7, 11) is 0. The molecule has 1 aliphatic heterocycles. The highest BCUT2D eigenvalue weighted by molar-refractivity contribution is 8.07. The van der Waals surface area contributed by atoms with Crippen molar-refractivity contribution < 1.29 is 18.0 Å². The third kappa shape index (κ3) is 4.68. The number of alkyl halides is 3. The summed E-state index contributed by atoms with van der Waals surface area (Å²) in [5, 5.41) is -0.101. The zero-order valence-corrected chi connectivity index (χ0v) is 9.97. The van der Waals surface area contributed by atoms with Crippen LogP contribution in [0.2, 0.25) is 0 Å². The third-order valence-electron chi connectivity index (χ3n) is 2.16. The van der Waals surface area contributed by atoms with Crippen molar-refractivity contribution in [3.05, 3.63) is 0 Å². The molecular weight excluding hydrogens is 245 g/mol. The van der Waals surface area contributed by atoms with Gasteiger partial charge in [-0.15, -0.1) is 11.8 Å². The van der Waals surface area contributed by atoms with Crippen molar-refractivity contribution in [1.29, 1.82) is 0 Å². The minimum Gasteiger partial charge on any atom is -0.298 e. The summed E-state index contributed by atoms with van der Waals surface area (Å²) in [4.78, 5) is 11.5. The topological polar surface area (TPSA) is 17.1 Å². The van der Waals surface area contributed by atoms with Crippen molar-refractivity contribution in [2.24, 2.45) is 0 Å². The second-order valence-electron chi connectivity index (χ2n) is 3.45. The Morgan fingerprint density at radius 1 is 1.33 bits per heavy atom.